The standard InChI is InChI=1S/C14H19BrN2/c1-2-3-7-16-8-10-17-9-6-12-11-13(15)4-5-14(12)17/h4-6,9,11,16H,2-3,7-8,10H2,1H3. The number of halogens is 1. The average molecular weight is 295 g/mol. The van der Waals surface area contributed by atoms with Gasteiger partial charge in [0.15, 0.2) is 0 Å². The van der Waals surface area contributed by atoms with E-state index < -0.39 is 0 Å². The highest BCUT2D eigenvalue weighted by Gasteiger charge is 2.00. The molecule has 0 unspecified atom stereocenters. The van der Waals surface area contributed by atoms with Gasteiger partial charge in [-0.3, -0.25) is 0 Å². The summed E-state index contributed by atoms with van der Waals surface area (Å²) in [6.07, 6.45) is 4.69. The molecule has 0 amide bonds. The lowest BCUT2D eigenvalue weighted by molar-refractivity contribution is 0.588. The van der Waals surface area contributed by atoms with Crippen LogP contribution in [0.15, 0.2) is 34.9 Å². The van der Waals surface area contributed by atoms with Crippen LogP contribution in [0.2, 0.25) is 0 Å². The van der Waals surface area contributed by atoms with Gasteiger partial charge < -0.3 is 9.88 Å². The summed E-state index contributed by atoms with van der Waals surface area (Å²) in [5.41, 5.74) is 1.31. The highest BCUT2D eigenvalue weighted by molar-refractivity contribution is 9.10. The molecule has 0 saturated carbocycles. The van der Waals surface area contributed by atoms with Crippen molar-refractivity contribution in [2.24, 2.45) is 0 Å². The van der Waals surface area contributed by atoms with Gasteiger partial charge in [0.25, 0.3) is 0 Å². The van der Waals surface area contributed by atoms with Crippen molar-refractivity contribution in [3.8, 4) is 0 Å². The van der Waals surface area contributed by atoms with Crippen LogP contribution in [0.5, 0.6) is 0 Å². The monoisotopic (exact) mass is 294 g/mol. The first kappa shape index (κ1) is 12.7. The van der Waals surface area contributed by atoms with E-state index >= 15 is 0 Å². The lowest BCUT2D eigenvalue weighted by Gasteiger charge is -2.07. The van der Waals surface area contributed by atoms with Gasteiger partial charge in [0.2, 0.25) is 0 Å². The first-order valence-electron chi connectivity index (χ1n) is 6.26. The van der Waals surface area contributed by atoms with Crippen molar-refractivity contribution in [1.82, 2.24) is 9.88 Å². The summed E-state index contributed by atoms with van der Waals surface area (Å²) < 4.78 is 3.45. The Labute approximate surface area is 111 Å². The summed E-state index contributed by atoms with van der Waals surface area (Å²) in [6, 6.07) is 8.61. The second-order valence-corrected chi connectivity index (χ2v) is 5.23. The average Bonchev–Trinajstić information content (AvgIpc) is 2.71. The first-order chi connectivity index (χ1) is 8.31. The van der Waals surface area contributed by atoms with E-state index in [4.69, 9.17) is 0 Å². The SMILES string of the molecule is CCCCNCCn1ccc2cc(Br)ccc21. The molecule has 3 heteroatoms. The minimum atomic E-state index is 1.04. The molecule has 0 aliphatic heterocycles. The third kappa shape index (κ3) is 3.33. The summed E-state index contributed by atoms with van der Waals surface area (Å²) in [5, 5.41) is 4.77. The van der Waals surface area contributed by atoms with E-state index in [0.717, 1.165) is 24.1 Å². The van der Waals surface area contributed by atoms with Crippen LogP contribution in [-0.4, -0.2) is 17.7 Å². The zero-order valence-corrected chi connectivity index (χ0v) is 11.8. The highest BCUT2D eigenvalue weighted by Crippen LogP contribution is 2.20. The van der Waals surface area contributed by atoms with Crippen molar-refractivity contribution in [3.05, 3.63) is 34.9 Å². The van der Waals surface area contributed by atoms with Crippen molar-refractivity contribution in [1.29, 1.82) is 0 Å². The quantitative estimate of drug-likeness (QED) is 0.802. The maximum atomic E-state index is 3.50. The Morgan fingerprint density at radius 1 is 1.24 bits per heavy atom. The molecular formula is C14H19BrN2. The Kier molecular flexibility index (Phi) is 4.63. The molecule has 1 heterocycles. The van der Waals surface area contributed by atoms with Gasteiger partial charge >= 0.3 is 0 Å². The molecule has 0 saturated heterocycles. The molecule has 2 aromatic rings. The van der Waals surface area contributed by atoms with Gasteiger partial charge in [-0.1, -0.05) is 29.3 Å². The second-order valence-electron chi connectivity index (χ2n) is 4.32. The van der Waals surface area contributed by atoms with E-state index in [9.17, 15) is 0 Å². The van der Waals surface area contributed by atoms with Gasteiger partial charge in [-0.2, -0.15) is 0 Å². The molecule has 1 N–H and O–H groups in total. The molecule has 1 aromatic heterocycles. The Morgan fingerprint density at radius 3 is 2.94 bits per heavy atom. The van der Waals surface area contributed by atoms with Crippen molar-refractivity contribution in [2.45, 2.75) is 26.3 Å². The lowest BCUT2D eigenvalue weighted by atomic mass is 10.2. The van der Waals surface area contributed by atoms with E-state index in [0.29, 0.717) is 0 Å². The number of hydrogen-bond donors (Lipinski definition) is 1. The Hall–Kier alpha value is -0.800. The van der Waals surface area contributed by atoms with E-state index in [1.165, 1.54) is 23.7 Å². The largest absolute Gasteiger partial charge is 0.346 e. The molecule has 1 aromatic carbocycles. The molecule has 2 rings (SSSR count). The van der Waals surface area contributed by atoms with Crippen LogP contribution in [0.4, 0.5) is 0 Å². The zero-order chi connectivity index (χ0) is 12.1. The minimum Gasteiger partial charge on any atom is -0.346 e. The van der Waals surface area contributed by atoms with Gasteiger partial charge in [-0.15, -0.1) is 0 Å². The molecule has 0 bridgehead atoms. The number of benzene rings is 1. The fraction of sp³-hybridized carbons (Fsp3) is 0.429. The van der Waals surface area contributed by atoms with Crippen LogP contribution < -0.4 is 5.32 Å². The van der Waals surface area contributed by atoms with Gasteiger partial charge in [0.1, 0.15) is 0 Å². The van der Waals surface area contributed by atoms with Gasteiger partial charge in [-0.25, -0.2) is 0 Å². The Bertz CT molecular complexity index is 476. The van der Waals surface area contributed by atoms with Gasteiger partial charge in [0, 0.05) is 34.7 Å². The predicted molar refractivity (Wildman–Crippen MR) is 77.4 cm³/mol. The van der Waals surface area contributed by atoms with Crippen molar-refractivity contribution < 1.29 is 0 Å². The number of unbranched alkanes of at least 4 members (excludes halogenated alkanes) is 1. The molecule has 0 fully saturated rings. The topological polar surface area (TPSA) is 17.0 Å². The lowest BCUT2D eigenvalue weighted by Crippen LogP contribution is -2.20. The van der Waals surface area contributed by atoms with Crippen molar-refractivity contribution >= 4 is 26.8 Å². The molecule has 0 aliphatic carbocycles. The second kappa shape index (κ2) is 6.22. The van der Waals surface area contributed by atoms with Gasteiger partial charge in [-0.05, 0) is 37.2 Å². The molecular weight excluding hydrogens is 276 g/mol. The Morgan fingerprint density at radius 2 is 2.12 bits per heavy atom. The van der Waals surface area contributed by atoms with Crippen LogP contribution in [0, 0.1) is 0 Å². The molecule has 0 radical (unpaired) electrons. The molecule has 0 atom stereocenters. The number of hydrogen-bond acceptors (Lipinski definition) is 1. The number of nitrogens with zero attached hydrogens (tertiary/aromatic N) is 1. The fourth-order valence-corrected chi connectivity index (χ4v) is 2.37. The van der Waals surface area contributed by atoms with Crippen LogP contribution >= 0.6 is 15.9 Å². The summed E-state index contributed by atoms with van der Waals surface area (Å²) in [5.74, 6) is 0. The third-order valence-corrected chi connectivity index (χ3v) is 3.46. The molecule has 0 spiro atoms. The molecule has 2 nitrogen and oxygen atoms in total. The fourth-order valence-electron chi connectivity index (χ4n) is 1.99. The number of fused-ring (bicyclic) bond motifs is 1. The normalized spacial score (nSPS) is 11.2. The number of aromatic nitrogens is 1. The van der Waals surface area contributed by atoms with E-state index in [-0.39, 0.29) is 0 Å². The number of nitrogens with one attached hydrogen (secondary N) is 1. The molecule has 0 aliphatic rings. The van der Waals surface area contributed by atoms with Crippen LogP contribution in [0.1, 0.15) is 19.8 Å². The van der Waals surface area contributed by atoms with Crippen LogP contribution in [0.25, 0.3) is 10.9 Å². The van der Waals surface area contributed by atoms with Crippen LogP contribution in [-0.2, 0) is 6.54 Å². The first-order valence-corrected chi connectivity index (χ1v) is 7.05. The maximum Gasteiger partial charge on any atom is 0.0481 e. The minimum absolute atomic E-state index is 1.04. The predicted octanol–water partition coefficient (Wildman–Crippen LogP) is 3.79. The van der Waals surface area contributed by atoms with Crippen molar-refractivity contribution in [2.75, 3.05) is 13.1 Å². The highest BCUT2D eigenvalue weighted by atomic mass is 79.9. The van der Waals surface area contributed by atoms with E-state index in [2.05, 4.69) is 63.2 Å². The van der Waals surface area contributed by atoms with Crippen molar-refractivity contribution in [3.63, 3.8) is 0 Å². The number of rotatable bonds is 6. The molecule has 17 heavy (non-hydrogen) atoms. The summed E-state index contributed by atoms with van der Waals surface area (Å²) in [7, 11) is 0. The van der Waals surface area contributed by atoms with Crippen LogP contribution in [0.3, 0.4) is 0 Å². The summed E-state index contributed by atoms with van der Waals surface area (Å²) >= 11 is 3.50. The summed E-state index contributed by atoms with van der Waals surface area (Å²) in [4.78, 5) is 0. The smallest absolute Gasteiger partial charge is 0.0481 e. The maximum absolute atomic E-state index is 3.50. The van der Waals surface area contributed by atoms with Gasteiger partial charge in [0.05, 0.1) is 0 Å². The van der Waals surface area contributed by atoms with E-state index in [1.54, 1.807) is 0 Å². The Balaban J connectivity index is 1.95. The van der Waals surface area contributed by atoms with E-state index in [1.807, 2.05) is 0 Å². The molecule has 92 valence electrons. The summed E-state index contributed by atoms with van der Waals surface area (Å²) in [6.45, 7) is 5.43. The third-order valence-electron chi connectivity index (χ3n) is 2.97. The zero-order valence-electron chi connectivity index (χ0n) is 10.2.